The number of nitrogens with one attached hydrogen (secondary N) is 2. The van der Waals surface area contributed by atoms with Gasteiger partial charge in [-0.3, -0.25) is 19.4 Å². The molecule has 13 nitrogen and oxygen atoms in total. The van der Waals surface area contributed by atoms with Crippen LogP contribution in [0.2, 0.25) is 0 Å². The first kappa shape index (κ1) is 27.1. The molecule has 0 fully saturated rings. The average molecular weight is 431 g/mol. The van der Waals surface area contributed by atoms with E-state index in [-0.39, 0.29) is 38.2 Å². The fourth-order valence-electron chi connectivity index (χ4n) is 2.50. The van der Waals surface area contributed by atoms with Gasteiger partial charge in [0, 0.05) is 13.0 Å². The van der Waals surface area contributed by atoms with Crippen LogP contribution in [0.5, 0.6) is 0 Å². The van der Waals surface area contributed by atoms with Crippen molar-refractivity contribution in [3.8, 4) is 0 Å². The molecular weight excluding hydrogens is 396 g/mol. The van der Waals surface area contributed by atoms with E-state index in [4.69, 9.17) is 28.7 Å². The van der Waals surface area contributed by atoms with E-state index in [9.17, 15) is 24.3 Å². The predicted octanol–water partition coefficient (Wildman–Crippen LogP) is -3.18. The Bertz CT molecular complexity index is 609. The lowest BCUT2D eigenvalue weighted by Gasteiger charge is -2.23. The Balaban J connectivity index is 5.07. The fourth-order valence-corrected chi connectivity index (χ4v) is 2.50. The number of carboxylic acid groups (broad SMARTS) is 1. The van der Waals surface area contributed by atoms with Gasteiger partial charge in [0.05, 0.1) is 6.04 Å². The molecule has 0 aliphatic heterocycles. The molecule has 13 N–H and O–H groups in total. The van der Waals surface area contributed by atoms with Crippen LogP contribution < -0.4 is 39.3 Å². The van der Waals surface area contributed by atoms with E-state index in [2.05, 4.69) is 15.6 Å². The van der Waals surface area contributed by atoms with Crippen LogP contribution in [-0.2, 0) is 19.2 Å². The van der Waals surface area contributed by atoms with Gasteiger partial charge in [-0.05, 0) is 45.1 Å². The van der Waals surface area contributed by atoms with Gasteiger partial charge >= 0.3 is 5.97 Å². The molecule has 0 saturated heterocycles. The Morgan fingerprint density at radius 3 is 2.00 bits per heavy atom. The molecule has 0 saturated carbocycles. The van der Waals surface area contributed by atoms with Gasteiger partial charge in [0.15, 0.2) is 5.96 Å². The lowest BCUT2D eigenvalue weighted by atomic mass is 10.1. The van der Waals surface area contributed by atoms with Crippen molar-refractivity contribution in [2.24, 2.45) is 33.7 Å². The number of carbonyl (C=O) groups excluding carboxylic acids is 3. The van der Waals surface area contributed by atoms with Crippen molar-refractivity contribution in [2.45, 2.75) is 63.1 Å². The number of unbranched alkanes of at least 4 members (excludes halogenated alkanes) is 1. The molecule has 0 aromatic carbocycles. The number of primary amides is 1. The number of nitrogens with two attached hydrogens (primary N) is 5. The summed E-state index contributed by atoms with van der Waals surface area (Å²) < 4.78 is 0. The van der Waals surface area contributed by atoms with Crippen molar-refractivity contribution >= 4 is 29.7 Å². The van der Waals surface area contributed by atoms with Crippen molar-refractivity contribution in [3.63, 3.8) is 0 Å². The third kappa shape index (κ3) is 12.5. The summed E-state index contributed by atoms with van der Waals surface area (Å²) >= 11 is 0. The quantitative estimate of drug-likeness (QED) is 0.0696. The summed E-state index contributed by atoms with van der Waals surface area (Å²) in [6, 6.07) is -3.22. The van der Waals surface area contributed by atoms with Gasteiger partial charge in [0.1, 0.15) is 12.1 Å². The molecule has 0 aliphatic carbocycles. The first-order valence-electron chi connectivity index (χ1n) is 9.71. The average Bonchev–Trinajstić information content (AvgIpc) is 2.66. The number of nitrogens with zero attached hydrogens (tertiary/aromatic N) is 1. The second-order valence-corrected chi connectivity index (χ2v) is 6.81. The molecule has 172 valence electrons. The molecule has 0 rings (SSSR count). The molecule has 13 heteroatoms. The predicted molar refractivity (Wildman–Crippen MR) is 111 cm³/mol. The molecule has 0 heterocycles. The van der Waals surface area contributed by atoms with Crippen LogP contribution >= 0.6 is 0 Å². The normalized spacial score (nSPS) is 13.5. The van der Waals surface area contributed by atoms with Crippen LogP contribution in [0.1, 0.15) is 44.9 Å². The van der Waals surface area contributed by atoms with Crippen molar-refractivity contribution < 1.29 is 24.3 Å². The molecule has 0 aromatic heterocycles. The van der Waals surface area contributed by atoms with E-state index >= 15 is 0 Å². The van der Waals surface area contributed by atoms with Crippen molar-refractivity contribution in [1.29, 1.82) is 0 Å². The van der Waals surface area contributed by atoms with Crippen LogP contribution in [0.25, 0.3) is 0 Å². The summed E-state index contributed by atoms with van der Waals surface area (Å²) in [5, 5.41) is 14.2. The maximum atomic E-state index is 12.6. The molecule has 30 heavy (non-hydrogen) atoms. The van der Waals surface area contributed by atoms with Crippen LogP contribution in [-0.4, -0.2) is 66.0 Å². The molecule has 3 atom stereocenters. The maximum absolute atomic E-state index is 12.6. The first-order chi connectivity index (χ1) is 14.1. The minimum atomic E-state index is -1.19. The van der Waals surface area contributed by atoms with Crippen molar-refractivity contribution in [2.75, 3.05) is 13.1 Å². The first-order valence-corrected chi connectivity index (χ1v) is 9.71. The summed E-state index contributed by atoms with van der Waals surface area (Å²) in [5.41, 5.74) is 26.7. The number of rotatable bonds is 16. The van der Waals surface area contributed by atoms with Gasteiger partial charge in [-0.25, -0.2) is 4.79 Å². The number of carbonyl (C=O) groups is 4. The number of aliphatic carboxylic acids is 1. The van der Waals surface area contributed by atoms with Gasteiger partial charge in [-0.2, -0.15) is 0 Å². The van der Waals surface area contributed by atoms with Gasteiger partial charge < -0.3 is 44.4 Å². The van der Waals surface area contributed by atoms with Gasteiger partial charge in [-0.15, -0.1) is 0 Å². The monoisotopic (exact) mass is 430 g/mol. The lowest BCUT2D eigenvalue weighted by Crippen LogP contribution is -2.54. The van der Waals surface area contributed by atoms with E-state index in [1.807, 2.05) is 0 Å². The van der Waals surface area contributed by atoms with Gasteiger partial charge in [-0.1, -0.05) is 0 Å². The van der Waals surface area contributed by atoms with Gasteiger partial charge in [0.25, 0.3) is 0 Å². The standard InChI is InChI=1S/C17H34N8O5/c18-8-2-1-4-12(16(29)30)25-15(28)11(5-3-9-23-17(21)22)24-14(27)10(19)6-7-13(20)26/h10-12H,1-9,18-19H2,(H2,20,26)(H,24,27)(H,25,28)(H,29,30)(H4,21,22,23). The molecule has 3 amide bonds. The second kappa shape index (κ2) is 15.0. The van der Waals surface area contributed by atoms with Crippen LogP contribution in [0.15, 0.2) is 4.99 Å². The molecule has 0 aliphatic rings. The molecule has 3 unspecified atom stereocenters. The fraction of sp³-hybridized carbons (Fsp3) is 0.706. The smallest absolute Gasteiger partial charge is 0.326 e. The highest BCUT2D eigenvalue weighted by atomic mass is 16.4. The minimum Gasteiger partial charge on any atom is -0.480 e. The number of hydrogen-bond donors (Lipinski definition) is 8. The molecule has 0 aromatic rings. The van der Waals surface area contributed by atoms with E-state index in [1.54, 1.807) is 0 Å². The highest BCUT2D eigenvalue weighted by molar-refractivity contribution is 5.91. The molecule has 0 spiro atoms. The maximum Gasteiger partial charge on any atom is 0.326 e. The minimum absolute atomic E-state index is 0.0142. The number of hydrogen-bond acceptors (Lipinski definition) is 7. The van der Waals surface area contributed by atoms with Crippen LogP contribution in [0, 0.1) is 0 Å². The zero-order valence-electron chi connectivity index (χ0n) is 17.0. The lowest BCUT2D eigenvalue weighted by molar-refractivity contribution is -0.142. The third-order valence-electron chi connectivity index (χ3n) is 4.18. The van der Waals surface area contributed by atoms with Crippen LogP contribution in [0.4, 0.5) is 0 Å². The Hall–Kier alpha value is -2.93. The summed E-state index contributed by atoms with van der Waals surface area (Å²) in [6.45, 7) is 0.627. The summed E-state index contributed by atoms with van der Waals surface area (Å²) in [4.78, 5) is 51.0. The Labute approximate surface area is 175 Å². The SMILES string of the molecule is NCCCCC(NC(=O)C(CCCN=C(N)N)NC(=O)C(N)CCC(N)=O)C(=O)O. The van der Waals surface area contributed by atoms with E-state index in [0.717, 1.165) is 0 Å². The van der Waals surface area contributed by atoms with E-state index in [1.165, 1.54) is 0 Å². The van der Waals surface area contributed by atoms with E-state index in [0.29, 0.717) is 25.8 Å². The summed E-state index contributed by atoms with van der Waals surface area (Å²) in [6.07, 6.45) is 1.76. The Morgan fingerprint density at radius 1 is 0.867 bits per heavy atom. The number of carboxylic acids is 1. The van der Waals surface area contributed by atoms with Crippen molar-refractivity contribution in [1.82, 2.24) is 10.6 Å². The van der Waals surface area contributed by atoms with E-state index < -0.39 is 41.8 Å². The zero-order chi connectivity index (χ0) is 23.1. The summed E-state index contributed by atoms with van der Waals surface area (Å²) in [7, 11) is 0. The number of aliphatic imine (C=N–C) groups is 1. The Morgan fingerprint density at radius 2 is 1.47 bits per heavy atom. The van der Waals surface area contributed by atoms with Crippen LogP contribution in [0.3, 0.4) is 0 Å². The molecule has 0 radical (unpaired) electrons. The highest BCUT2D eigenvalue weighted by Gasteiger charge is 2.27. The molecular formula is C17H34N8O5. The largest absolute Gasteiger partial charge is 0.480 e. The zero-order valence-corrected chi connectivity index (χ0v) is 17.0. The Kier molecular flexibility index (Phi) is 13.5. The summed E-state index contributed by atoms with van der Waals surface area (Å²) in [5.74, 6) is -3.24. The van der Waals surface area contributed by atoms with Gasteiger partial charge in [0.2, 0.25) is 17.7 Å². The topological polar surface area (TPSA) is 255 Å². The molecule has 0 bridgehead atoms. The third-order valence-corrected chi connectivity index (χ3v) is 4.18. The second-order valence-electron chi connectivity index (χ2n) is 6.81. The number of amides is 3. The number of guanidine groups is 1. The van der Waals surface area contributed by atoms with Crippen molar-refractivity contribution in [3.05, 3.63) is 0 Å². The highest BCUT2D eigenvalue weighted by Crippen LogP contribution is 2.05.